The fourth-order valence-electron chi connectivity index (χ4n) is 2.46. The van der Waals surface area contributed by atoms with Crippen LogP contribution in [0.25, 0.3) is 0 Å². The van der Waals surface area contributed by atoms with Gasteiger partial charge in [0.2, 0.25) is 5.09 Å². The highest BCUT2D eigenvalue weighted by Gasteiger charge is 2.41. The highest BCUT2D eigenvalue weighted by Crippen LogP contribution is 2.28. The maximum atomic E-state index is 12.4. The first-order valence-electron chi connectivity index (χ1n) is 7.37. The quantitative estimate of drug-likeness (QED) is 0.829. The third-order valence-corrected chi connectivity index (χ3v) is 5.78. The van der Waals surface area contributed by atoms with Crippen molar-refractivity contribution in [1.29, 1.82) is 0 Å². The molecule has 6 nitrogen and oxygen atoms in total. The third kappa shape index (κ3) is 3.31. The summed E-state index contributed by atoms with van der Waals surface area (Å²) in [5, 5.41) is 3.26. The molecule has 2 heterocycles. The van der Waals surface area contributed by atoms with Gasteiger partial charge in [0.25, 0.3) is 10.0 Å². The lowest BCUT2D eigenvalue weighted by Crippen LogP contribution is -2.50. The fraction of sp³-hybridized carbons (Fsp3) is 0.714. The molecule has 1 aliphatic carbocycles. The summed E-state index contributed by atoms with van der Waals surface area (Å²) in [6.07, 6.45) is 2.87. The van der Waals surface area contributed by atoms with Crippen LogP contribution in [0.4, 0.5) is 0 Å². The summed E-state index contributed by atoms with van der Waals surface area (Å²) in [4.78, 5) is 0. The predicted molar refractivity (Wildman–Crippen MR) is 77.3 cm³/mol. The van der Waals surface area contributed by atoms with Crippen LogP contribution in [0.1, 0.15) is 38.9 Å². The summed E-state index contributed by atoms with van der Waals surface area (Å²) in [6, 6.07) is 3.78. The molecule has 0 radical (unpaired) electrons. The van der Waals surface area contributed by atoms with Crippen LogP contribution in [0.2, 0.25) is 0 Å². The van der Waals surface area contributed by atoms with E-state index in [1.54, 1.807) is 6.07 Å². The monoisotopic (exact) mass is 314 g/mol. The SMILES string of the molecule is CC1OCCC1(C)NS(=O)(=O)c1ccc(CNC2CC2)o1. The zero-order valence-electron chi connectivity index (χ0n) is 12.4. The Labute approximate surface area is 125 Å². The molecule has 0 bridgehead atoms. The Morgan fingerprint density at radius 2 is 2.14 bits per heavy atom. The molecule has 0 aromatic carbocycles. The van der Waals surface area contributed by atoms with Gasteiger partial charge in [-0.3, -0.25) is 0 Å². The summed E-state index contributed by atoms with van der Waals surface area (Å²) < 4.78 is 38.5. The van der Waals surface area contributed by atoms with Crippen LogP contribution in [0.5, 0.6) is 0 Å². The molecular weight excluding hydrogens is 292 g/mol. The van der Waals surface area contributed by atoms with Crippen molar-refractivity contribution in [2.75, 3.05) is 6.61 Å². The minimum atomic E-state index is -3.66. The highest BCUT2D eigenvalue weighted by molar-refractivity contribution is 7.89. The first kappa shape index (κ1) is 15.0. The van der Waals surface area contributed by atoms with Crippen LogP contribution in [0.15, 0.2) is 21.6 Å². The lowest BCUT2D eigenvalue weighted by atomic mass is 9.97. The molecule has 0 spiro atoms. The maximum Gasteiger partial charge on any atom is 0.274 e. The predicted octanol–water partition coefficient (Wildman–Crippen LogP) is 1.38. The van der Waals surface area contributed by atoms with E-state index in [2.05, 4.69) is 10.0 Å². The standard InChI is InChI=1S/C14H22N2O4S/c1-10-14(2,7-8-19-10)16-21(17,18)13-6-5-12(20-13)9-15-11-3-4-11/h5-6,10-11,15-16H,3-4,7-9H2,1-2H3. The van der Waals surface area contributed by atoms with Crippen LogP contribution < -0.4 is 10.0 Å². The second kappa shape index (κ2) is 5.39. The maximum absolute atomic E-state index is 12.4. The molecule has 1 saturated heterocycles. The summed E-state index contributed by atoms with van der Waals surface area (Å²) in [5.41, 5.74) is -0.585. The number of hydrogen-bond donors (Lipinski definition) is 2. The lowest BCUT2D eigenvalue weighted by Gasteiger charge is -2.27. The van der Waals surface area contributed by atoms with Crippen molar-refractivity contribution in [1.82, 2.24) is 10.0 Å². The minimum absolute atomic E-state index is 0.0320. The first-order valence-corrected chi connectivity index (χ1v) is 8.85. The van der Waals surface area contributed by atoms with Gasteiger partial charge in [-0.15, -0.1) is 0 Å². The molecule has 0 amide bonds. The van der Waals surface area contributed by atoms with Crippen LogP contribution in [-0.4, -0.2) is 32.7 Å². The Balaban J connectivity index is 1.69. The third-order valence-electron chi connectivity index (χ3n) is 4.30. The van der Waals surface area contributed by atoms with E-state index in [0.29, 0.717) is 31.4 Å². The van der Waals surface area contributed by atoms with Crippen LogP contribution in [0.3, 0.4) is 0 Å². The van der Waals surface area contributed by atoms with Crippen molar-refractivity contribution < 1.29 is 17.6 Å². The van der Waals surface area contributed by atoms with E-state index in [9.17, 15) is 8.42 Å². The molecule has 1 saturated carbocycles. The number of furan rings is 1. The van der Waals surface area contributed by atoms with Gasteiger partial charge in [0.15, 0.2) is 0 Å². The molecule has 1 aliphatic heterocycles. The van der Waals surface area contributed by atoms with Crippen molar-refractivity contribution in [2.24, 2.45) is 0 Å². The smallest absolute Gasteiger partial charge is 0.274 e. The van der Waals surface area contributed by atoms with Gasteiger partial charge in [-0.05, 0) is 45.2 Å². The van der Waals surface area contributed by atoms with Crippen LogP contribution in [-0.2, 0) is 21.3 Å². The molecule has 2 atom stereocenters. The van der Waals surface area contributed by atoms with Crippen LogP contribution in [0, 0.1) is 0 Å². The number of sulfonamides is 1. The molecule has 2 N–H and O–H groups in total. The van der Waals surface area contributed by atoms with E-state index in [1.807, 2.05) is 13.8 Å². The van der Waals surface area contributed by atoms with Crippen LogP contribution >= 0.6 is 0 Å². The number of hydrogen-bond acceptors (Lipinski definition) is 5. The van der Waals surface area contributed by atoms with Crippen molar-refractivity contribution >= 4 is 10.0 Å². The Bertz CT molecular complexity index is 608. The van der Waals surface area contributed by atoms with Crippen molar-refractivity contribution in [3.8, 4) is 0 Å². The number of nitrogens with one attached hydrogen (secondary N) is 2. The molecular formula is C14H22N2O4S. The Morgan fingerprint density at radius 1 is 1.38 bits per heavy atom. The second-order valence-electron chi connectivity index (χ2n) is 6.16. The Morgan fingerprint density at radius 3 is 2.76 bits per heavy atom. The van der Waals surface area contributed by atoms with Gasteiger partial charge in [-0.1, -0.05) is 0 Å². The number of rotatable bonds is 6. The first-order chi connectivity index (χ1) is 9.89. The second-order valence-corrected chi connectivity index (χ2v) is 7.78. The van der Waals surface area contributed by atoms with E-state index < -0.39 is 15.6 Å². The molecule has 1 aromatic rings. The molecule has 2 aliphatic rings. The van der Waals surface area contributed by atoms with Gasteiger partial charge in [0.05, 0.1) is 18.2 Å². The lowest BCUT2D eigenvalue weighted by molar-refractivity contribution is 0.0956. The molecule has 21 heavy (non-hydrogen) atoms. The van der Waals surface area contributed by atoms with E-state index in [1.165, 1.54) is 18.9 Å². The molecule has 2 fully saturated rings. The van der Waals surface area contributed by atoms with Gasteiger partial charge in [0.1, 0.15) is 5.76 Å². The molecule has 118 valence electrons. The summed E-state index contributed by atoms with van der Waals surface area (Å²) in [7, 11) is -3.66. The van der Waals surface area contributed by atoms with E-state index in [-0.39, 0.29) is 11.2 Å². The van der Waals surface area contributed by atoms with Crippen molar-refractivity contribution in [2.45, 2.75) is 62.4 Å². The summed E-state index contributed by atoms with van der Waals surface area (Å²) in [5.74, 6) is 0.642. The van der Waals surface area contributed by atoms with Gasteiger partial charge >= 0.3 is 0 Å². The van der Waals surface area contributed by atoms with E-state index in [0.717, 1.165) is 0 Å². The zero-order valence-corrected chi connectivity index (χ0v) is 13.2. The van der Waals surface area contributed by atoms with Crippen molar-refractivity contribution in [3.05, 3.63) is 17.9 Å². The normalized spacial score (nSPS) is 29.9. The zero-order chi connectivity index (χ0) is 15.1. The van der Waals surface area contributed by atoms with Crippen molar-refractivity contribution in [3.63, 3.8) is 0 Å². The van der Waals surface area contributed by atoms with Gasteiger partial charge in [-0.2, -0.15) is 4.72 Å². The summed E-state index contributed by atoms with van der Waals surface area (Å²) >= 11 is 0. The Hall–Kier alpha value is -0.890. The molecule has 1 aromatic heterocycles. The fourth-order valence-corrected chi connectivity index (χ4v) is 3.90. The van der Waals surface area contributed by atoms with Gasteiger partial charge in [-0.25, -0.2) is 8.42 Å². The van der Waals surface area contributed by atoms with E-state index >= 15 is 0 Å². The molecule has 3 rings (SSSR count). The molecule has 2 unspecified atom stereocenters. The topological polar surface area (TPSA) is 80.6 Å². The average Bonchev–Trinajstić information content (AvgIpc) is 3.01. The van der Waals surface area contributed by atoms with Gasteiger partial charge in [0, 0.05) is 12.6 Å². The Kier molecular flexibility index (Phi) is 3.85. The summed E-state index contributed by atoms with van der Waals surface area (Å²) in [6.45, 7) is 4.87. The molecule has 7 heteroatoms. The average molecular weight is 314 g/mol. The largest absolute Gasteiger partial charge is 0.447 e. The number of ether oxygens (including phenoxy) is 1. The van der Waals surface area contributed by atoms with E-state index in [4.69, 9.17) is 9.15 Å². The highest BCUT2D eigenvalue weighted by atomic mass is 32.2. The minimum Gasteiger partial charge on any atom is -0.447 e. The van der Waals surface area contributed by atoms with Gasteiger partial charge < -0.3 is 14.5 Å².